The summed E-state index contributed by atoms with van der Waals surface area (Å²) in [5, 5.41) is 3.11. The van der Waals surface area contributed by atoms with E-state index in [1.165, 1.54) is 20.8 Å². The zero-order chi connectivity index (χ0) is 15.5. The van der Waals surface area contributed by atoms with Crippen LogP contribution in [0.5, 0.6) is 0 Å². The first-order valence-corrected chi connectivity index (χ1v) is 6.31. The van der Waals surface area contributed by atoms with Crippen molar-refractivity contribution in [2.24, 2.45) is 0 Å². The van der Waals surface area contributed by atoms with Crippen LogP contribution in [0.1, 0.15) is 34.1 Å². The van der Waals surface area contributed by atoms with Crippen molar-refractivity contribution in [2.45, 2.75) is 34.1 Å². The second-order valence-corrected chi connectivity index (χ2v) is 4.51. The minimum Gasteiger partial charge on any atom is -0.359 e. The number of carbonyl (C=O) groups is 3. The van der Waals surface area contributed by atoms with Gasteiger partial charge in [-0.15, -0.1) is 0 Å². The van der Waals surface area contributed by atoms with Crippen molar-refractivity contribution in [3.63, 3.8) is 0 Å². The Balaban J connectivity index is 0.000000441. The quantitative estimate of drug-likeness (QED) is 0.662. The van der Waals surface area contributed by atoms with Crippen LogP contribution >= 0.6 is 0 Å². The highest BCUT2D eigenvalue weighted by Gasteiger charge is 1.95. The molecular weight excluding hydrogens is 254 g/mol. The van der Waals surface area contributed by atoms with Gasteiger partial charge in [0.1, 0.15) is 11.6 Å². The maximum Gasteiger partial charge on any atom is 0.154 e. The Morgan fingerprint density at radius 3 is 1.80 bits per heavy atom. The molecule has 0 saturated carbocycles. The summed E-state index contributed by atoms with van der Waals surface area (Å²) < 4.78 is 0. The van der Waals surface area contributed by atoms with Crippen LogP contribution in [0.4, 0.5) is 5.69 Å². The molecule has 0 aromatic heterocycles. The van der Waals surface area contributed by atoms with Gasteiger partial charge in [-0.05, 0) is 45.9 Å². The van der Waals surface area contributed by atoms with Crippen molar-refractivity contribution < 1.29 is 14.4 Å². The van der Waals surface area contributed by atoms with Gasteiger partial charge < -0.3 is 5.32 Å². The molecule has 0 bridgehead atoms. The van der Waals surface area contributed by atoms with Crippen LogP contribution in [-0.4, -0.2) is 17.3 Å². The van der Waals surface area contributed by atoms with Gasteiger partial charge in [0.15, 0.2) is 5.78 Å². The zero-order valence-electron chi connectivity index (χ0n) is 12.4. The fourth-order valence-electron chi connectivity index (χ4n) is 1.44. The van der Waals surface area contributed by atoms with Gasteiger partial charge >= 0.3 is 0 Å². The average Bonchev–Trinajstić information content (AvgIpc) is 2.27. The predicted octanol–water partition coefficient (Wildman–Crippen LogP) is 3.15. The first-order valence-electron chi connectivity index (χ1n) is 6.31. The van der Waals surface area contributed by atoms with E-state index >= 15 is 0 Å². The van der Waals surface area contributed by atoms with Crippen molar-refractivity contribution in [2.75, 3.05) is 5.32 Å². The van der Waals surface area contributed by atoms with Gasteiger partial charge in [-0.1, -0.05) is 18.2 Å². The van der Waals surface area contributed by atoms with Crippen LogP contribution in [0.3, 0.4) is 0 Å². The lowest BCUT2D eigenvalue weighted by atomic mass is 10.2. The van der Waals surface area contributed by atoms with Crippen LogP contribution in [0, 0.1) is 0 Å². The SMILES string of the molecule is CC(=O)/C=C(/C)Nc1ccccc1.CC(=O)CC(C)=O. The maximum atomic E-state index is 10.7. The van der Waals surface area contributed by atoms with Gasteiger partial charge in [-0.2, -0.15) is 0 Å². The van der Waals surface area contributed by atoms with Crippen LogP contribution in [0.15, 0.2) is 42.1 Å². The zero-order valence-corrected chi connectivity index (χ0v) is 12.4. The number of allylic oxidation sites excluding steroid dienone is 2. The fourth-order valence-corrected chi connectivity index (χ4v) is 1.44. The third kappa shape index (κ3) is 10.9. The molecule has 20 heavy (non-hydrogen) atoms. The molecule has 1 rings (SSSR count). The number of hydrogen-bond donors (Lipinski definition) is 1. The number of ketones is 3. The lowest BCUT2D eigenvalue weighted by molar-refractivity contribution is -0.124. The van der Waals surface area contributed by atoms with Crippen LogP contribution < -0.4 is 5.32 Å². The lowest BCUT2D eigenvalue weighted by Crippen LogP contribution is -1.97. The Labute approximate surface area is 119 Å². The van der Waals surface area contributed by atoms with Crippen LogP contribution in [-0.2, 0) is 14.4 Å². The molecule has 0 unspecified atom stereocenters. The molecule has 108 valence electrons. The standard InChI is InChI=1S/C11H13NO.C5H8O2/c1-9(8-10(2)13)12-11-6-4-3-5-7-11;1-4(6)3-5(2)7/h3-8,12H,1-2H3;3H2,1-2H3/b9-8-;. The Hall–Kier alpha value is -2.23. The molecule has 0 aliphatic carbocycles. The van der Waals surface area contributed by atoms with E-state index in [0.29, 0.717) is 0 Å². The molecule has 0 fully saturated rings. The molecule has 0 aliphatic rings. The molecule has 0 spiro atoms. The number of para-hydroxylation sites is 1. The fraction of sp³-hybridized carbons (Fsp3) is 0.312. The smallest absolute Gasteiger partial charge is 0.154 e. The van der Waals surface area contributed by atoms with E-state index in [0.717, 1.165) is 11.4 Å². The average molecular weight is 275 g/mol. The first kappa shape index (κ1) is 17.8. The monoisotopic (exact) mass is 275 g/mol. The van der Waals surface area contributed by atoms with Crippen molar-refractivity contribution >= 4 is 23.0 Å². The second kappa shape index (κ2) is 9.67. The molecule has 0 aliphatic heterocycles. The number of hydrogen-bond acceptors (Lipinski definition) is 4. The highest BCUT2D eigenvalue weighted by atomic mass is 16.1. The molecule has 0 atom stereocenters. The maximum absolute atomic E-state index is 10.7. The Bertz CT molecular complexity index is 478. The van der Waals surface area contributed by atoms with Gasteiger partial charge in [0, 0.05) is 11.4 Å². The third-order valence-corrected chi connectivity index (χ3v) is 2.03. The Morgan fingerprint density at radius 1 is 0.950 bits per heavy atom. The summed E-state index contributed by atoms with van der Waals surface area (Å²) in [7, 11) is 0. The van der Waals surface area contributed by atoms with Crippen LogP contribution in [0.2, 0.25) is 0 Å². The Morgan fingerprint density at radius 2 is 1.45 bits per heavy atom. The normalized spacial score (nSPS) is 10.1. The van der Waals surface area contributed by atoms with E-state index in [1.807, 2.05) is 37.3 Å². The van der Waals surface area contributed by atoms with Gasteiger partial charge in [-0.25, -0.2) is 0 Å². The number of benzene rings is 1. The number of Topliss-reactive ketones (excluding diaryl/α,β-unsaturated/α-hetero) is 2. The number of rotatable bonds is 5. The molecule has 1 N–H and O–H groups in total. The lowest BCUT2D eigenvalue weighted by Gasteiger charge is -2.04. The summed E-state index contributed by atoms with van der Waals surface area (Å²) in [5.74, 6) is -0.0686. The largest absolute Gasteiger partial charge is 0.359 e. The van der Waals surface area contributed by atoms with Crippen molar-refractivity contribution in [1.29, 1.82) is 0 Å². The molecular formula is C16H21NO3. The summed E-state index contributed by atoms with van der Waals surface area (Å²) in [4.78, 5) is 30.8. The van der Waals surface area contributed by atoms with Gasteiger partial charge in [0.25, 0.3) is 0 Å². The number of nitrogens with one attached hydrogen (secondary N) is 1. The third-order valence-electron chi connectivity index (χ3n) is 2.03. The molecule has 0 heterocycles. The molecule has 0 amide bonds. The summed E-state index contributed by atoms with van der Waals surface area (Å²) in [6.07, 6.45) is 1.66. The second-order valence-electron chi connectivity index (χ2n) is 4.51. The molecule has 1 aromatic carbocycles. The molecule has 4 nitrogen and oxygen atoms in total. The van der Waals surface area contributed by atoms with E-state index in [2.05, 4.69) is 5.32 Å². The minimum atomic E-state index is -0.0625. The van der Waals surface area contributed by atoms with E-state index in [4.69, 9.17) is 0 Å². The molecule has 1 aromatic rings. The van der Waals surface area contributed by atoms with Gasteiger partial charge in [0.05, 0.1) is 6.42 Å². The highest BCUT2D eigenvalue weighted by Crippen LogP contribution is 2.08. The number of carbonyl (C=O) groups excluding carboxylic acids is 3. The van der Waals surface area contributed by atoms with Gasteiger partial charge in [0.2, 0.25) is 0 Å². The summed E-state index contributed by atoms with van der Waals surface area (Å²) >= 11 is 0. The summed E-state index contributed by atoms with van der Waals surface area (Å²) in [5.41, 5.74) is 1.86. The van der Waals surface area contributed by atoms with Crippen molar-refractivity contribution in [3.05, 3.63) is 42.1 Å². The van der Waals surface area contributed by atoms with E-state index in [-0.39, 0.29) is 23.8 Å². The molecule has 0 saturated heterocycles. The van der Waals surface area contributed by atoms with Crippen LogP contribution in [0.25, 0.3) is 0 Å². The van der Waals surface area contributed by atoms with E-state index in [1.54, 1.807) is 6.08 Å². The first-order chi connectivity index (χ1) is 9.31. The molecule has 0 radical (unpaired) electrons. The topological polar surface area (TPSA) is 63.2 Å². The van der Waals surface area contributed by atoms with E-state index in [9.17, 15) is 14.4 Å². The minimum absolute atomic E-state index is 0.0564. The Kier molecular flexibility index (Phi) is 8.59. The molecule has 4 heteroatoms. The predicted molar refractivity (Wildman–Crippen MR) is 80.5 cm³/mol. The van der Waals surface area contributed by atoms with Crippen molar-refractivity contribution in [1.82, 2.24) is 0 Å². The van der Waals surface area contributed by atoms with Gasteiger partial charge in [-0.3, -0.25) is 14.4 Å². The highest BCUT2D eigenvalue weighted by molar-refractivity contribution is 5.96. The van der Waals surface area contributed by atoms with Crippen molar-refractivity contribution in [3.8, 4) is 0 Å². The summed E-state index contributed by atoms with van der Waals surface area (Å²) in [6.45, 7) is 6.22. The van der Waals surface area contributed by atoms with E-state index < -0.39 is 0 Å². The summed E-state index contributed by atoms with van der Waals surface area (Å²) in [6, 6.07) is 9.76. The number of anilines is 1.